The van der Waals surface area contributed by atoms with Crippen molar-refractivity contribution in [3.05, 3.63) is 41.1 Å². The van der Waals surface area contributed by atoms with E-state index in [9.17, 15) is 4.79 Å². The predicted octanol–water partition coefficient (Wildman–Crippen LogP) is 2.96. The molecule has 0 bridgehead atoms. The van der Waals surface area contributed by atoms with Crippen molar-refractivity contribution in [2.75, 3.05) is 0 Å². The molecule has 1 aliphatic carbocycles. The molecule has 0 radical (unpaired) electrons. The number of benzene rings is 1. The van der Waals surface area contributed by atoms with Crippen molar-refractivity contribution in [3.8, 4) is 11.3 Å². The zero-order chi connectivity index (χ0) is 14.5. The number of hydrogen-bond acceptors (Lipinski definition) is 2. The molecule has 0 fully saturated rings. The lowest BCUT2D eigenvalue weighted by atomic mass is 9.85. The molecular formula is C16H19N3O. The maximum absolute atomic E-state index is 11.5. The van der Waals surface area contributed by atoms with Gasteiger partial charge in [-0.25, -0.2) is 0 Å². The third-order valence-corrected chi connectivity index (χ3v) is 4.32. The molecule has 4 heteroatoms. The number of nitrogens with two attached hydrogens (primary N) is 1. The molecule has 0 saturated heterocycles. The second kappa shape index (κ2) is 4.20. The van der Waals surface area contributed by atoms with Gasteiger partial charge in [0.2, 0.25) is 0 Å². The van der Waals surface area contributed by atoms with E-state index in [-0.39, 0.29) is 5.41 Å². The molecular weight excluding hydrogens is 250 g/mol. The fraction of sp³-hybridized carbons (Fsp3) is 0.375. The van der Waals surface area contributed by atoms with Gasteiger partial charge in [0.25, 0.3) is 5.91 Å². The average molecular weight is 269 g/mol. The Morgan fingerprint density at radius 3 is 2.90 bits per heavy atom. The van der Waals surface area contributed by atoms with E-state index < -0.39 is 5.91 Å². The number of aromatic amines is 1. The number of nitrogens with zero attached hydrogens (tertiary/aromatic N) is 1. The van der Waals surface area contributed by atoms with Crippen LogP contribution in [0.5, 0.6) is 0 Å². The summed E-state index contributed by atoms with van der Waals surface area (Å²) < 4.78 is 0. The number of nitrogens with one attached hydrogen (secondary N) is 1. The maximum atomic E-state index is 11.5. The summed E-state index contributed by atoms with van der Waals surface area (Å²) in [5.74, 6) is 0.0106. The summed E-state index contributed by atoms with van der Waals surface area (Å²) in [6.07, 6.45) is 2.61. The van der Waals surface area contributed by atoms with Gasteiger partial charge < -0.3 is 5.73 Å². The molecule has 0 unspecified atom stereocenters. The number of carbonyl (C=O) groups is 1. The second-order valence-electron chi connectivity index (χ2n) is 6.28. The largest absolute Gasteiger partial charge is 0.365 e. The van der Waals surface area contributed by atoms with Crippen molar-refractivity contribution >= 4 is 5.91 Å². The van der Waals surface area contributed by atoms with E-state index in [1.807, 2.05) is 12.1 Å². The van der Waals surface area contributed by atoms with Gasteiger partial charge in [0, 0.05) is 5.56 Å². The van der Waals surface area contributed by atoms with Crippen LogP contribution in [0.4, 0.5) is 0 Å². The predicted molar refractivity (Wildman–Crippen MR) is 78.6 cm³/mol. The zero-order valence-electron chi connectivity index (χ0n) is 12.0. The van der Waals surface area contributed by atoms with Crippen LogP contribution in [0.3, 0.4) is 0 Å². The number of rotatable bonds is 2. The van der Waals surface area contributed by atoms with Crippen molar-refractivity contribution in [1.82, 2.24) is 10.2 Å². The van der Waals surface area contributed by atoms with Crippen molar-refractivity contribution in [1.29, 1.82) is 0 Å². The molecule has 3 N–H and O–H groups in total. The van der Waals surface area contributed by atoms with Crippen LogP contribution >= 0.6 is 0 Å². The highest BCUT2D eigenvalue weighted by atomic mass is 16.1. The monoisotopic (exact) mass is 269 g/mol. The highest BCUT2D eigenvalue weighted by Gasteiger charge is 2.36. The quantitative estimate of drug-likeness (QED) is 0.879. The highest BCUT2D eigenvalue weighted by Crippen LogP contribution is 2.49. The molecule has 1 heterocycles. The summed E-state index contributed by atoms with van der Waals surface area (Å²) in [5.41, 5.74) is 10.5. The van der Waals surface area contributed by atoms with Gasteiger partial charge in [-0.15, -0.1) is 0 Å². The number of carbonyl (C=O) groups excluding carboxylic acids is 1. The Kier molecular flexibility index (Phi) is 2.71. The highest BCUT2D eigenvalue weighted by molar-refractivity contribution is 5.99. The molecule has 1 amide bonds. The Bertz CT molecular complexity index is 685. The number of primary amides is 1. The van der Waals surface area contributed by atoms with Crippen molar-refractivity contribution in [2.24, 2.45) is 5.73 Å². The van der Waals surface area contributed by atoms with Crippen molar-refractivity contribution in [2.45, 2.75) is 38.5 Å². The lowest BCUT2D eigenvalue weighted by Gasteiger charge is -2.19. The molecule has 1 aliphatic rings. The van der Waals surface area contributed by atoms with Crippen molar-refractivity contribution in [3.63, 3.8) is 0 Å². The van der Waals surface area contributed by atoms with E-state index in [0.717, 1.165) is 17.7 Å². The number of H-pyrrole nitrogens is 1. The van der Waals surface area contributed by atoms with Gasteiger partial charge in [-0.2, -0.15) is 5.10 Å². The minimum atomic E-state index is -0.448. The van der Waals surface area contributed by atoms with Crippen LogP contribution in [0.2, 0.25) is 0 Å². The molecule has 0 aliphatic heterocycles. The molecule has 2 aromatic rings. The number of hydrogen-bond donors (Lipinski definition) is 2. The van der Waals surface area contributed by atoms with E-state index >= 15 is 0 Å². The lowest BCUT2D eigenvalue weighted by molar-refractivity contribution is 0.100. The van der Waals surface area contributed by atoms with E-state index in [1.165, 1.54) is 17.3 Å². The summed E-state index contributed by atoms with van der Waals surface area (Å²) in [4.78, 5) is 11.5. The summed E-state index contributed by atoms with van der Waals surface area (Å²) in [7, 11) is 0. The summed E-state index contributed by atoms with van der Waals surface area (Å²) in [5, 5.41) is 6.91. The van der Waals surface area contributed by atoms with Crippen LogP contribution in [-0.4, -0.2) is 16.1 Å². The van der Waals surface area contributed by atoms with E-state index in [1.54, 1.807) is 0 Å². The molecule has 1 aromatic carbocycles. The second-order valence-corrected chi connectivity index (χ2v) is 6.28. The van der Waals surface area contributed by atoms with Crippen LogP contribution in [0.25, 0.3) is 11.3 Å². The number of aromatic nitrogens is 2. The van der Waals surface area contributed by atoms with Gasteiger partial charge in [0.1, 0.15) is 0 Å². The molecule has 104 valence electrons. The van der Waals surface area contributed by atoms with Crippen LogP contribution in [0, 0.1) is 0 Å². The first kappa shape index (κ1) is 12.9. The first-order valence-electron chi connectivity index (χ1n) is 6.89. The van der Waals surface area contributed by atoms with Gasteiger partial charge in [-0.05, 0) is 28.9 Å². The van der Waals surface area contributed by atoms with E-state index in [2.05, 4.69) is 37.0 Å². The minimum Gasteiger partial charge on any atom is -0.365 e. The fourth-order valence-electron chi connectivity index (χ4n) is 3.56. The average Bonchev–Trinajstić information content (AvgIpc) is 2.93. The third kappa shape index (κ3) is 1.75. The van der Waals surface area contributed by atoms with Gasteiger partial charge in [0.05, 0.1) is 17.5 Å². The molecule has 1 atom stereocenters. The minimum absolute atomic E-state index is 0.164. The van der Waals surface area contributed by atoms with Gasteiger partial charge >= 0.3 is 0 Å². The lowest BCUT2D eigenvalue weighted by Crippen LogP contribution is -2.12. The summed E-state index contributed by atoms with van der Waals surface area (Å²) in [6.45, 7) is 6.76. The van der Waals surface area contributed by atoms with Gasteiger partial charge in [-0.1, -0.05) is 39.0 Å². The summed E-state index contributed by atoms with van der Waals surface area (Å²) in [6, 6.07) is 6.26. The molecule has 20 heavy (non-hydrogen) atoms. The topological polar surface area (TPSA) is 71.8 Å². The summed E-state index contributed by atoms with van der Waals surface area (Å²) >= 11 is 0. The number of amides is 1. The van der Waals surface area contributed by atoms with Gasteiger partial charge in [-0.3, -0.25) is 9.89 Å². The zero-order valence-corrected chi connectivity index (χ0v) is 12.0. The number of fused-ring (bicyclic) bond motifs is 1. The first-order chi connectivity index (χ1) is 9.42. The van der Waals surface area contributed by atoms with Crippen LogP contribution in [0.1, 0.15) is 54.6 Å². The Morgan fingerprint density at radius 2 is 2.20 bits per heavy atom. The Labute approximate surface area is 118 Å². The van der Waals surface area contributed by atoms with Crippen molar-refractivity contribution < 1.29 is 4.79 Å². The van der Waals surface area contributed by atoms with E-state index in [4.69, 9.17) is 5.73 Å². The fourth-order valence-corrected chi connectivity index (χ4v) is 3.56. The molecule has 1 aromatic heterocycles. The van der Waals surface area contributed by atoms with Crippen LogP contribution in [0.15, 0.2) is 24.4 Å². The molecule has 0 spiro atoms. The molecule has 3 rings (SSSR count). The SMILES string of the molecule is C[C@@H]1CC(C)(C)c2cccc(-c3[nH]ncc3C(N)=O)c21. The molecule has 4 nitrogen and oxygen atoms in total. The normalized spacial score (nSPS) is 19.9. The Hall–Kier alpha value is -2.10. The van der Waals surface area contributed by atoms with Crippen LogP contribution < -0.4 is 5.73 Å². The Morgan fingerprint density at radius 1 is 1.45 bits per heavy atom. The van der Waals surface area contributed by atoms with Gasteiger partial charge in [0.15, 0.2) is 0 Å². The standard InChI is InChI=1S/C16H19N3O/c1-9-7-16(2,3)12-6-4-5-10(13(9)12)14-11(15(17)20)8-18-19-14/h4-6,8-9H,7H2,1-3H3,(H2,17,20)(H,18,19)/t9-/m1/s1. The molecule has 0 saturated carbocycles. The maximum Gasteiger partial charge on any atom is 0.252 e. The third-order valence-electron chi connectivity index (χ3n) is 4.32. The Balaban J connectivity index is 2.25. The van der Waals surface area contributed by atoms with Crippen LogP contribution in [-0.2, 0) is 5.41 Å². The first-order valence-corrected chi connectivity index (χ1v) is 6.89. The van der Waals surface area contributed by atoms with E-state index in [0.29, 0.717) is 11.5 Å². The smallest absolute Gasteiger partial charge is 0.252 e.